The van der Waals surface area contributed by atoms with Gasteiger partial charge in [-0.1, -0.05) is 6.92 Å². The van der Waals surface area contributed by atoms with Crippen LogP contribution in [0.2, 0.25) is 0 Å². The fourth-order valence-corrected chi connectivity index (χ4v) is 2.18. The van der Waals surface area contributed by atoms with Crippen molar-refractivity contribution in [1.29, 1.82) is 0 Å². The standard InChI is InChI=1S/C12H24N4O/c1-5-11(13)12(15(3)7-9(2)17)10-6-14-16(4)8-10/h6,8-9,11-12,17H,5,7,13H2,1-4H3. The van der Waals surface area contributed by atoms with Crippen LogP contribution in [0.1, 0.15) is 31.9 Å². The Balaban J connectivity index is 2.87. The Labute approximate surface area is 103 Å². The highest BCUT2D eigenvalue weighted by Gasteiger charge is 2.24. The summed E-state index contributed by atoms with van der Waals surface area (Å²) in [6, 6.07) is 0.145. The zero-order chi connectivity index (χ0) is 13.0. The smallest absolute Gasteiger partial charge is 0.0639 e. The third-order valence-electron chi connectivity index (χ3n) is 2.97. The van der Waals surface area contributed by atoms with Crippen molar-refractivity contribution >= 4 is 0 Å². The lowest BCUT2D eigenvalue weighted by molar-refractivity contribution is 0.107. The third-order valence-corrected chi connectivity index (χ3v) is 2.97. The van der Waals surface area contributed by atoms with Crippen LogP contribution in [0.4, 0.5) is 0 Å². The minimum atomic E-state index is -0.358. The second kappa shape index (κ2) is 6.14. The zero-order valence-corrected chi connectivity index (χ0v) is 11.2. The van der Waals surface area contributed by atoms with Gasteiger partial charge >= 0.3 is 0 Å². The van der Waals surface area contributed by atoms with Gasteiger partial charge in [-0.2, -0.15) is 5.10 Å². The number of hydrogen-bond acceptors (Lipinski definition) is 4. The molecule has 0 saturated carbocycles. The van der Waals surface area contributed by atoms with Crippen LogP contribution in [0.3, 0.4) is 0 Å². The normalized spacial score (nSPS) is 17.1. The molecular formula is C12H24N4O. The number of aryl methyl sites for hydroxylation is 1. The van der Waals surface area contributed by atoms with Gasteiger partial charge in [0.15, 0.2) is 0 Å². The number of aromatic nitrogens is 2. The first kappa shape index (κ1) is 14.2. The van der Waals surface area contributed by atoms with E-state index in [0.717, 1.165) is 12.0 Å². The second-order valence-electron chi connectivity index (χ2n) is 4.75. The molecule has 0 radical (unpaired) electrons. The van der Waals surface area contributed by atoms with E-state index in [0.29, 0.717) is 6.54 Å². The van der Waals surface area contributed by atoms with Crippen molar-refractivity contribution < 1.29 is 5.11 Å². The average molecular weight is 240 g/mol. The third kappa shape index (κ3) is 3.80. The van der Waals surface area contributed by atoms with Crippen LogP contribution in [0.25, 0.3) is 0 Å². The number of nitrogens with two attached hydrogens (primary N) is 1. The largest absolute Gasteiger partial charge is 0.392 e. The van der Waals surface area contributed by atoms with E-state index in [1.807, 2.05) is 26.5 Å². The molecule has 0 aliphatic heterocycles. The van der Waals surface area contributed by atoms with E-state index in [9.17, 15) is 5.11 Å². The molecule has 1 aromatic heterocycles. The van der Waals surface area contributed by atoms with Gasteiger partial charge in [0, 0.05) is 31.4 Å². The van der Waals surface area contributed by atoms with E-state index in [4.69, 9.17) is 5.73 Å². The van der Waals surface area contributed by atoms with E-state index in [1.165, 1.54) is 0 Å². The van der Waals surface area contributed by atoms with Crippen molar-refractivity contribution in [3.8, 4) is 0 Å². The summed E-state index contributed by atoms with van der Waals surface area (Å²) in [6.45, 7) is 4.46. The van der Waals surface area contributed by atoms with Gasteiger partial charge in [0.25, 0.3) is 0 Å². The summed E-state index contributed by atoms with van der Waals surface area (Å²) < 4.78 is 1.78. The van der Waals surface area contributed by atoms with Crippen LogP contribution in [-0.2, 0) is 7.05 Å². The Bertz CT molecular complexity index is 337. The van der Waals surface area contributed by atoms with E-state index in [1.54, 1.807) is 11.6 Å². The molecule has 5 heteroatoms. The minimum absolute atomic E-state index is 0.0444. The molecule has 1 heterocycles. The van der Waals surface area contributed by atoms with E-state index < -0.39 is 0 Å². The number of hydrogen-bond donors (Lipinski definition) is 2. The molecule has 3 unspecified atom stereocenters. The van der Waals surface area contributed by atoms with Gasteiger partial charge in [0.2, 0.25) is 0 Å². The molecule has 0 aromatic carbocycles. The fraction of sp³-hybridized carbons (Fsp3) is 0.750. The molecule has 1 rings (SSSR count). The van der Waals surface area contributed by atoms with Crippen LogP contribution in [0.5, 0.6) is 0 Å². The van der Waals surface area contributed by atoms with Crippen molar-refractivity contribution in [2.45, 2.75) is 38.5 Å². The fourth-order valence-electron chi connectivity index (χ4n) is 2.18. The Kier molecular flexibility index (Phi) is 5.11. The number of rotatable bonds is 6. The van der Waals surface area contributed by atoms with Crippen LogP contribution in [-0.4, -0.2) is 45.5 Å². The molecule has 3 N–H and O–H groups in total. The lowest BCUT2D eigenvalue weighted by atomic mass is 9.99. The molecule has 0 fully saturated rings. The Morgan fingerprint density at radius 3 is 2.65 bits per heavy atom. The van der Waals surface area contributed by atoms with Gasteiger partial charge in [0.1, 0.15) is 0 Å². The molecule has 0 bridgehead atoms. The monoisotopic (exact) mass is 240 g/mol. The van der Waals surface area contributed by atoms with Crippen LogP contribution in [0, 0.1) is 0 Å². The molecular weight excluding hydrogens is 216 g/mol. The summed E-state index contributed by atoms with van der Waals surface area (Å²) in [7, 11) is 3.88. The first-order valence-electron chi connectivity index (χ1n) is 6.08. The highest BCUT2D eigenvalue weighted by molar-refractivity contribution is 5.13. The summed E-state index contributed by atoms with van der Waals surface area (Å²) in [4.78, 5) is 2.09. The van der Waals surface area contributed by atoms with Crippen molar-refractivity contribution in [2.75, 3.05) is 13.6 Å². The topological polar surface area (TPSA) is 67.3 Å². The quantitative estimate of drug-likeness (QED) is 0.760. The van der Waals surface area contributed by atoms with Gasteiger partial charge in [-0.25, -0.2) is 0 Å². The van der Waals surface area contributed by atoms with Gasteiger partial charge in [-0.15, -0.1) is 0 Å². The number of likely N-dealkylation sites (N-methyl/N-ethyl adjacent to an activating group) is 1. The summed E-state index contributed by atoms with van der Waals surface area (Å²) in [5.74, 6) is 0. The number of nitrogens with zero attached hydrogens (tertiary/aromatic N) is 3. The molecule has 0 aliphatic carbocycles. The van der Waals surface area contributed by atoms with Crippen molar-refractivity contribution in [2.24, 2.45) is 12.8 Å². The van der Waals surface area contributed by atoms with Gasteiger partial charge in [0.05, 0.1) is 18.3 Å². The molecule has 98 valence electrons. The molecule has 0 amide bonds. The average Bonchev–Trinajstić information content (AvgIpc) is 2.63. The summed E-state index contributed by atoms with van der Waals surface area (Å²) >= 11 is 0. The molecule has 0 saturated heterocycles. The molecule has 17 heavy (non-hydrogen) atoms. The minimum Gasteiger partial charge on any atom is -0.392 e. The lowest BCUT2D eigenvalue weighted by Gasteiger charge is -2.32. The second-order valence-corrected chi connectivity index (χ2v) is 4.75. The van der Waals surface area contributed by atoms with Crippen molar-refractivity contribution in [3.63, 3.8) is 0 Å². The maximum Gasteiger partial charge on any atom is 0.0639 e. The SMILES string of the molecule is CCC(N)C(c1cnn(C)c1)N(C)CC(C)O. The highest BCUT2D eigenvalue weighted by Crippen LogP contribution is 2.23. The molecule has 3 atom stereocenters. The van der Waals surface area contributed by atoms with Gasteiger partial charge in [-0.05, 0) is 20.4 Å². The highest BCUT2D eigenvalue weighted by atomic mass is 16.3. The number of aliphatic hydroxyl groups is 1. The van der Waals surface area contributed by atoms with E-state index in [-0.39, 0.29) is 18.2 Å². The summed E-state index contributed by atoms with van der Waals surface area (Å²) in [6.07, 6.45) is 4.37. The van der Waals surface area contributed by atoms with Gasteiger partial charge in [-0.3, -0.25) is 9.58 Å². The molecule has 0 aliphatic rings. The van der Waals surface area contributed by atoms with Crippen molar-refractivity contribution in [3.05, 3.63) is 18.0 Å². The summed E-state index contributed by atoms with van der Waals surface area (Å²) in [5, 5.41) is 13.7. The summed E-state index contributed by atoms with van der Waals surface area (Å²) in [5.41, 5.74) is 7.28. The maximum absolute atomic E-state index is 9.47. The van der Waals surface area contributed by atoms with Gasteiger partial charge < -0.3 is 10.8 Å². The molecule has 1 aromatic rings. The Morgan fingerprint density at radius 1 is 1.59 bits per heavy atom. The predicted octanol–water partition coefficient (Wildman–Crippen LogP) is 0.511. The Hall–Kier alpha value is -0.910. The van der Waals surface area contributed by atoms with E-state index in [2.05, 4.69) is 16.9 Å². The van der Waals surface area contributed by atoms with Crippen LogP contribution < -0.4 is 5.73 Å². The Morgan fingerprint density at radius 2 is 2.24 bits per heavy atom. The van der Waals surface area contributed by atoms with Crippen LogP contribution in [0.15, 0.2) is 12.4 Å². The van der Waals surface area contributed by atoms with Crippen molar-refractivity contribution in [1.82, 2.24) is 14.7 Å². The van der Waals surface area contributed by atoms with E-state index >= 15 is 0 Å². The van der Waals surface area contributed by atoms with Crippen LogP contribution >= 0.6 is 0 Å². The first-order valence-corrected chi connectivity index (χ1v) is 6.08. The first-order chi connectivity index (χ1) is 7.95. The predicted molar refractivity (Wildman–Crippen MR) is 68.5 cm³/mol. The molecule has 5 nitrogen and oxygen atoms in total. The maximum atomic E-state index is 9.47. The zero-order valence-electron chi connectivity index (χ0n) is 11.2. The lowest BCUT2D eigenvalue weighted by Crippen LogP contribution is -2.41. The molecule has 0 spiro atoms. The number of aliphatic hydroxyl groups excluding tert-OH is 1.